The van der Waals surface area contributed by atoms with Gasteiger partial charge in [-0.3, -0.25) is 4.79 Å². The lowest BCUT2D eigenvalue weighted by Crippen LogP contribution is -2.08. The average Bonchev–Trinajstić information content (AvgIpc) is 2.74. The number of aryl methyl sites for hydroxylation is 1. The van der Waals surface area contributed by atoms with E-state index in [9.17, 15) is 4.79 Å². The van der Waals surface area contributed by atoms with Crippen molar-refractivity contribution < 1.29 is 4.79 Å². The third-order valence-corrected chi connectivity index (χ3v) is 3.85. The number of carbonyl (C=O) groups excluding carboxylic acids is 1. The molecule has 3 nitrogen and oxygen atoms in total. The van der Waals surface area contributed by atoms with Gasteiger partial charge in [-0.05, 0) is 36.1 Å². The minimum atomic E-state index is -0.0620. The summed E-state index contributed by atoms with van der Waals surface area (Å²) in [5.74, 6) is -0.0620. The fourth-order valence-electron chi connectivity index (χ4n) is 1.72. The van der Waals surface area contributed by atoms with E-state index in [0.29, 0.717) is 11.6 Å². The molecular formula is C14H15ClN2OS. The maximum Gasteiger partial charge on any atom is 0.221 e. The van der Waals surface area contributed by atoms with Gasteiger partial charge in [-0.1, -0.05) is 17.7 Å². The molecule has 1 heterocycles. The van der Waals surface area contributed by atoms with E-state index in [2.05, 4.69) is 10.6 Å². The summed E-state index contributed by atoms with van der Waals surface area (Å²) >= 11 is 7.76. The summed E-state index contributed by atoms with van der Waals surface area (Å²) < 4.78 is 0. The van der Waals surface area contributed by atoms with Crippen molar-refractivity contribution >= 4 is 40.2 Å². The van der Waals surface area contributed by atoms with E-state index in [1.165, 1.54) is 6.92 Å². The van der Waals surface area contributed by atoms with E-state index in [1.54, 1.807) is 11.3 Å². The summed E-state index contributed by atoms with van der Waals surface area (Å²) in [5.41, 5.74) is 2.88. The second-order valence-corrected chi connectivity index (χ2v) is 5.68. The number of carbonyl (C=O) groups is 1. The van der Waals surface area contributed by atoms with Gasteiger partial charge in [-0.25, -0.2) is 0 Å². The summed E-state index contributed by atoms with van der Waals surface area (Å²) in [5, 5.41) is 8.76. The van der Waals surface area contributed by atoms with Crippen LogP contribution in [0.25, 0.3) is 0 Å². The van der Waals surface area contributed by atoms with Crippen LogP contribution in [0, 0.1) is 6.92 Å². The Morgan fingerprint density at radius 3 is 2.79 bits per heavy atom. The largest absolute Gasteiger partial charge is 0.379 e. The standard InChI is InChI=1S/C14H15ClN2OS/c1-9-3-4-12(11(15)7-9)16-8-14-13(5-6-19-14)17-10(2)18/h3-7,16H,8H2,1-2H3,(H,17,18). The van der Waals surface area contributed by atoms with Crippen molar-refractivity contribution in [3.63, 3.8) is 0 Å². The smallest absolute Gasteiger partial charge is 0.221 e. The summed E-state index contributed by atoms with van der Waals surface area (Å²) in [6.45, 7) is 4.14. The highest BCUT2D eigenvalue weighted by atomic mass is 35.5. The van der Waals surface area contributed by atoms with Crippen molar-refractivity contribution in [3.05, 3.63) is 45.1 Å². The summed E-state index contributed by atoms with van der Waals surface area (Å²) in [7, 11) is 0. The first-order valence-corrected chi connectivity index (χ1v) is 7.16. The van der Waals surface area contributed by atoms with Gasteiger partial charge in [0.15, 0.2) is 0 Å². The Bertz CT molecular complexity index is 595. The lowest BCUT2D eigenvalue weighted by atomic mass is 10.2. The number of rotatable bonds is 4. The van der Waals surface area contributed by atoms with E-state index < -0.39 is 0 Å². The minimum Gasteiger partial charge on any atom is -0.379 e. The molecule has 0 aliphatic carbocycles. The van der Waals surface area contributed by atoms with Crippen molar-refractivity contribution in [1.82, 2.24) is 0 Å². The number of amides is 1. The summed E-state index contributed by atoms with van der Waals surface area (Å²) in [6.07, 6.45) is 0. The Morgan fingerprint density at radius 1 is 1.32 bits per heavy atom. The van der Waals surface area contributed by atoms with Gasteiger partial charge in [0.25, 0.3) is 0 Å². The molecular weight excluding hydrogens is 280 g/mol. The molecule has 0 radical (unpaired) electrons. The molecule has 1 aromatic carbocycles. The van der Waals surface area contributed by atoms with Crippen LogP contribution in [-0.4, -0.2) is 5.91 Å². The van der Waals surface area contributed by atoms with Crippen LogP contribution >= 0.6 is 22.9 Å². The highest BCUT2D eigenvalue weighted by Crippen LogP contribution is 2.27. The number of hydrogen-bond acceptors (Lipinski definition) is 3. The number of hydrogen-bond donors (Lipinski definition) is 2. The van der Waals surface area contributed by atoms with Gasteiger partial charge in [0.2, 0.25) is 5.91 Å². The quantitative estimate of drug-likeness (QED) is 0.883. The van der Waals surface area contributed by atoms with Crippen molar-refractivity contribution in [2.45, 2.75) is 20.4 Å². The number of nitrogens with one attached hydrogen (secondary N) is 2. The van der Waals surface area contributed by atoms with Crippen LogP contribution in [0.1, 0.15) is 17.4 Å². The third-order valence-electron chi connectivity index (χ3n) is 2.62. The molecule has 2 N–H and O–H groups in total. The van der Waals surface area contributed by atoms with Gasteiger partial charge in [0, 0.05) is 11.8 Å². The van der Waals surface area contributed by atoms with Crippen LogP contribution in [0.15, 0.2) is 29.6 Å². The highest BCUT2D eigenvalue weighted by molar-refractivity contribution is 7.10. The highest BCUT2D eigenvalue weighted by Gasteiger charge is 2.06. The third kappa shape index (κ3) is 3.72. The van der Waals surface area contributed by atoms with Crippen molar-refractivity contribution in [2.24, 2.45) is 0 Å². The lowest BCUT2D eigenvalue weighted by molar-refractivity contribution is -0.114. The van der Waals surface area contributed by atoms with Crippen LogP contribution in [0.4, 0.5) is 11.4 Å². The fourth-order valence-corrected chi connectivity index (χ4v) is 2.79. The molecule has 0 spiro atoms. The van der Waals surface area contributed by atoms with Crippen molar-refractivity contribution in [1.29, 1.82) is 0 Å². The molecule has 0 saturated heterocycles. The van der Waals surface area contributed by atoms with E-state index in [-0.39, 0.29) is 5.91 Å². The van der Waals surface area contributed by atoms with Crippen LogP contribution < -0.4 is 10.6 Å². The maximum absolute atomic E-state index is 11.1. The second-order valence-electron chi connectivity index (χ2n) is 4.28. The van der Waals surface area contributed by atoms with Crippen LogP contribution in [0.2, 0.25) is 5.02 Å². The lowest BCUT2D eigenvalue weighted by Gasteiger charge is -2.09. The van der Waals surface area contributed by atoms with Gasteiger partial charge in [-0.15, -0.1) is 11.3 Å². The van der Waals surface area contributed by atoms with E-state index in [1.807, 2.05) is 36.6 Å². The number of benzene rings is 1. The van der Waals surface area contributed by atoms with Gasteiger partial charge < -0.3 is 10.6 Å². The number of halogens is 1. The first kappa shape index (κ1) is 13.9. The van der Waals surface area contributed by atoms with Gasteiger partial charge in [-0.2, -0.15) is 0 Å². The Morgan fingerprint density at radius 2 is 2.11 bits per heavy atom. The molecule has 1 aromatic heterocycles. The summed E-state index contributed by atoms with van der Waals surface area (Å²) in [6, 6.07) is 7.80. The van der Waals surface area contributed by atoms with Crippen molar-refractivity contribution in [3.8, 4) is 0 Å². The number of thiophene rings is 1. The second kappa shape index (κ2) is 6.08. The zero-order valence-electron chi connectivity index (χ0n) is 10.8. The first-order valence-electron chi connectivity index (χ1n) is 5.90. The Kier molecular flexibility index (Phi) is 4.45. The van der Waals surface area contributed by atoms with E-state index in [0.717, 1.165) is 21.8 Å². The minimum absolute atomic E-state index is 0.0620. The predicted molar refractivity (Wildman–Crippen MR) is 82.1 cm³/mol. The van der Waals surface area contributed by atoms with Crippen LogP contribution in [0.3, 0.4) is 0 Å². The number of anilines is 2. The normalized spacial score (nSPS) is 10.3. The van der Waals surface area contributed by atoms with Gasteiger partial charge in [0.05, 0.1) is 22.9 Å². The van der Waals surface area contributed by atoms with E-state index >= 15 is 0 Å². The SMILES string of the molecule is CC(=O)Nc1ccsc1CNc1ccc(C)cc1Cl. The molecule has 0 unspecified atom stereocenters. The zero-order valence-corrected chi connectivity index (χ0v) is 12.4. The van der Waals surface area contributed by atoms with Crippen LogP contribution in [0.5, 0.6) is 0 Å². The molecule has 2 rings (SSSR count). The van der Waals surface area contributed by atoms with E-state index in [4.69, 9.17) is 11.6 Å². The molecule has 0 aliphatic heterocycles. The Labute approximate surface area is 121 Å². The van der Waals surface area contributed by atoms with Crippen molar-refractivity contribution in [2.75, 3.05) is 10.6 Å². The molecule has 5 heteroatoms. The Balaban J connectivity index is 2.06. The predicted octanol–water partition coefficient (Wildman–Crippen LogP) is 4.28. The maximum atomic E-state index is 11.1. The molecule has 0 bridgehead atoms. The van der Waals surface area contributed by atoms with Crippen LogP contribution in [-0.2, 0) is 11.3 Å². The molecule has 19 heavy (non-hydrogen) atoms. The van der Waals surface area contributed by atoms with Gasteiger partial charge >= 0.3 is 0 Å². The average molecular weight is 295 g/mol. The molecule has 0 saturated carbocycles. The molecule has 0 aliphatic rings. The molecule has 0 fully saturated rings. The topological polar surface area (TPSA) is 41.1 Å². The first-order chi connectivity index (χ1) is 9.06. The molecule has 2 aromatic rings. The van der Waals surface area contributed by atoms with Gasteiger partial charge in [0.1, 0.15) is 0 Å². The zero-order chi connectivity index (χ0) is 13.8. The molecule has 100 valence electrons. The fraction of sp³-hybridized carbons (Fsp3) is 0.214. The molecule has 1 amide bonds. The molecule has 0 atom stereocenters. The monoisotopic (exact) mass is 294 g/mol. The summed E-state index contributed by atoms with van der Waals surface area (Å²) in [4.78, 5) is 12.2. The Hall–Kier alpha value is -1.52.